The van der Waals surface area contributed by atoms with Crippen LogP contribution >= 0.6 is 11.6 Å². The molecule has 3 aromatic rings. The van der Waals surface area contributed by atoms with Gasteiger partial charge in [-0.15, -0.1) is 0 Å². The van der Waals surface area contributed by atoms with Crippen molar-refractivity contribution in [2.24, 2.45) is 0 Å². The van der Waals surface area contributed by atoms with Crippen LogP contribution in [0.5, 0.6) is 11.5 Å². The van der Waals surface area contributed by atoms with Gasteiger partial charge in [0.25, 0.3) is 0 Å². The fraction of sp³-hybridized carbons (Fsp3) is 0.130. The maximum Gasteiger partial charge on any atom is 0.303 e. The minimum Gasteiger partial charge on any atom is -0.481 e. The fourth-order valence-electron chi connectivity index (χ4n) is 2.92. The lowest BCUT2D eigenvalue weighted by molar-refractivity contribution is -0.137. The van der Waals surface area contributed by atoms with Crippen LogP contribution in [0.4, 0.5) is 5.69 Å². The van der Waals surface area contributed by atoms with E-state index in [0.717, 1.165) is 11.3 Å². The number of hydrogen-bond donors (Lipinski definition) is 2. The molecule has 5 nitrogen and oxygen atoms in total. The van der Waals surface area contributed by atoms with E-state index in [0.29, 0.717) is 16.5 Å². The predicted octanol–water partition coefficient (Wildman–Crippen LogP) is 5.72. The summed E-state index contributed by atoms with van der Waals surface area (Å²) in [7, 11) is 0. The van der Waals surface area contributed by atoms with E-state index in [2.05, 4.69) is 5.32 Å². The van der Waals surface area contributed by atoms with Crippen LogP contribution in [0.1, 0.15) is 24.3 Å². The molecule has 0 heterocycles. The Morgan fingerprint density at radius 1 is 0.862 bits per heavy atom. The van der Waals surface area contributed by atoms with Crippen molar-refractivity contribution in [3.63, 3.8) is 0 Å². The van der Waals surface area contributed by atoms with Gasteiger partial charge in [0.1, 0.15) is 11.5 Å². The van der Waals surface area contributed by atoms with Crippen LogP contribution in [0.3, 0.4) is 0 Å². The van der Waals surface area contributed by atoms with Crippen LogP contribution in [0.25, 0.3) is 0 Å². The topological polar surface area (TPSA) is 75.6 Å². The SMILES string of the molecule is O=C(O)CC(CC(=O)Nc1ccc(Oc2ccccc2)cc1)c1ccc(Cl)cc1. The molecule has 0 spiro atoms. The molecule has 29 heavy (non-hydrogen) atoms. The number of carbonyl (C=O) groups is 2. The molecule has 6 heteroatoms. The van der Waals surface area contributed by atoms with Gasteiger partial charge in [0.2, 0.25) is 5.91 Å². The van der Waals surface area contributed by atoms with E-state index in [9.17, 15) is 14.7 Å². The Morgan fingerprint density at radius 3 is 2.10 bits per heavy atom. The van der Waals surface area contributed by atoms with Crippen molar-refractivity contribution in [1.29, 1.82) is 0 Å². The Bertz CT molecular complexity index is 956. The molecule has 0 aromatic heterocycles. The number of amides is 1. The van der Waals surface area contributed by atoms with E-state index in [1.165, 1.54) is 0 Å². The van der Waals surface area contributed by atoms with Gasteiger partial charge >= 0.3 is 5.97 Å². The standard InChI is InChI=1S/C23H20ClNO4/c24-18-8-6-16(7-9-18)17(15-23(27)28)14-22(26)25-19-10-12-21(13-11-19)29-20-4-2-1-3-5-20/h1-13,17H,14-15H2,(H,25,26)(H,27,28). The molecule has 0 aliphatic carbocycles. The summed E-state index contributed by atoms with van der Waals surface area (Å²) in [4.78, 5) is 23.7. The minimum absolute atomic E-state index is 0.0518. The van der Waals surface area contributed by atoms with Crippen LogP contribution in [0, 0.1) is 0 Å². The summed E-state index contributed by atoms with van der Waals surface area (Å²) in [5.74, 6) is -0.281. The molecule has 0 saturated carbocycles. The third kappa shape index (κ3) is 6.36. The molecule has 0 aliphatic heterocycles. The Hall–Kier alpha value is -3.31. The second-order valence-electron chi connectivity index (χ2n) is 6.54. The number of carboxylic acids is 1. The highest BCUT2D eigenvalue weighted by Crippen LogP contribution is 2.27. The highest BCUT2D eigenvalue weighted by Gasteiger charge is 2.19. The molecule has 3 rings (SSSR count). The Morgan fingerprint density at radius 2 is 1.48 bits per heavy atom. The van der Waals surface area contributed by atoms with Gasteiger partial charge in [-0.3, -0.25) is 9.59 Å². The lowest BCUT2D eigenvalue weighted by atomic mass is 9.92. The molecule has 3 aromatic carbocycles. The number of para-hydroxylation sites is 1. The molecule has 0 aliphatic rings. The van der Waals surface area contributed by atoms with Crippen molar-refractivity contribution in [2.75, 3.05) is 5.32 Å². The number of ether oxygens (including phenoxy) is 1. The van der Waals surface area contributed by atoms with Gasteiger partial charge in [-0.2, -0.15) is 0 Å². The summed E-state index contributed by atoms with van der Waals surface area (Å²) in [5.41, 5.74) is 1.37. The summed E-state index contributed by atoms with van der Waals surface area (Å²) in [6, 6.07) is 23.3. The van der Waals surface area contributed by atoms with Gasteiger partial charge in [0, 0.05) is 23.0 Å². The zero-order valence-electron chi connectivity index (χ0n) is 15.5. The molecule has 0 saturated heterocycles. The molecular formula is C23H20ClNO4. The van der Waals surface area contributed by atoms with Gasteiger partial charge in [0.05, 0.1) is 6.42 Å². The molecule has 1 amide bonds. The number of benzene rings is 3. The maximum atomic E-state index is 12.5. The Kier molecular flexibility index (Phi) is 6.87. The Balaban J connectivity index is 1.62. The summed E-state index contributed by atoms with van der Waals surface area (Å²) in [5, 5.41) is 12.5. The van der Waals surface area contributed by atoms with Crippen molar-refractivity contribution in [2.45, 2.75) is 18.8 Å². The fourth-order valence-corrected chi connectivity index (χ4v) is 3.05. The van der Waals surface area contributed by atoms with Crippen molar-refractivity contribution in [1.82, 2.24) is 0 Å². The quantitative estimate of drug-likeness (QED) is 0.499. The minimum atomic E-state index is -0.958. The first-order chi connectivity index (χ1) is 14.0. The highest BCUT2D eigenvalue weighted by atomic mass is 35.5. The molecule has 2 N–H and O–H groups in total. The van der Waals surface area contributed by atoms with Crippen LogP contribution in [-0.2, 0) is 9.59 Å². The number of anilines is 1. The second-order valence-corrected chi connectivity index (χ2v) is 6.97. The monoisotopic (exact) mass is 409 g/mol. The second kappa shape index (κ2) is 9.75. The van der Waals surface area contributed by atoms with E-state index in [1.54, 1.807) is 48.5 Å². The largest absolute Gasteiger partial charge is 0.481 e. The normalized spacial score (nSPS) is 11.5. The van der Waals surface area contributed by atoms with Crippen molar-refractivity contribution < 1.29 is 19.4 Å². The van der Waals surface area contributed by atoms with Crippen LogP contribution in [0.2, 0.25) is 5.02 Å². The summed E-state index contributed by atoms with van der Waals surface area (Å²) in [6.07, 6.45) is -0.0882. The molecule has 1 atom stereocenters. The van der Waals surface area contributed by atoms with Crippen molar-refractivity contribution >= 4 is 29.2 Å². The average Bonchev–Trinajstić information content (AvgIpc) is 2.70. The predicted molar refractivity (Wildman–Crippen MR) is 113 cm³/mol. The number of nitrogens with one attached hydrogen (secondary N) is 1. The molecule has 0 fully saturated rings. The Labute approximate surface area is 173 Å². The number of aliphatic carboxylic acids is 1. The third-order valence-electron chi connectivity index (χ3n) is 4.31. The molecule has 0 bridgehead atoms. The molecular weight excluding hydrogens is 390 g/mol. The first kappa shape index (κ1) is 20.4. The van der Waals surface area contributed by atoms with Crippen molar-refractivity contribution in [3.05, 3.63) is 89.4 Å². The van der Waals surface area contributed by atoms with E-state index in [-0.39, 0.29) is 18.7 Å². The first-order valence-electron chi connectivity index (χ1n) is 9.09. The number of carboxylic acid groups (broad SMARTS) is 1. The molecule has 148 valence electrons. The zero-order chi connectivity index (χ0) is 20.6. The van der Waals surface area contributed by atoms with Gasteiger partial charge in [-0.05, 0) is 54.1 Å². The van der Waals surface area contributed by atoms with Crippen LogP contribution < -0.4 is 10.1 Å². The van der Waals surface area contributed by atoms with E-state index < -0.39 is 11.9 Å². The molecule has 1 unspecified atom stereocenters. The van der Waals surface area contributed by atoms with E-state index in [1.807, 2.05) is 30.3 Å². The molecule has 0 radical (unpaired) electrons. The number of rotatable bonds is 8. The smallest absolute Gasteiger partial charge is 0.303 e. The third-order valence-corrected chi connectivity index (χ3v) is 4.56. The van der Waals surface area contributed by atoms with Gasteiger partial charge in [-0.25, -0.2) is 0 Å². The number of halogens is 1. The van der Waals surface area contributed by atoms with Crippen LogP contribution in [0.15, 0.2) is 78.9 Å². The highest BCUT2D eigenvalue weighted by molar-refractivity contribution is 6.30. The summed E-state index contributed by atoms with van der Waals surface area (Å²) >= 11 is 5.89. The summed E-state index contributed by atoms with van der Waals surface area (Å²) in [6.45, 7) is 0. The number of carbonyl (C=O) groups excluding carboxylic acids is 1. The lowest BCUT2D eigenvalue weighted by Gasteiger charge is -2.15. The van der Waals surface area contributed by atoms with Crippen LogP contribution in [-0.4, -0.2) is 17.0 Å². The van der Waals surface area contributed by atoms with E-state index in [4.69, 9.17) is 16.3 Å². The van der Waals surface area contributed by atoms with Gasteiger partial charge in [0.15, 0.2) is 0 Å². The average molecular weight is 410 g/mol. The maximum absolute atomic E-state index is 12.5. The first-order valence-corrected chi connectivity index (χ1v) is 9.47. The lowest BCUT2D eigenvalue weighted by Crippen LogP contribution is -2.17. The van der Waals surface area contributed by atoms with Crippen molar-refractivity contribution in [3.8, 4) is 11.5 Å². The van der Waals surface area contributed by atoms with Gasteiger partial charge < -0.3 is 15.2 Å². The number of hydrogen-bond acceptors (Lipinski definition) is 3. The summed E-state index contributed by atoms with van der Waals surface area (Å²) < 4.78 is 5.73. The van der Waals surface area contributed by atoms with E-state index >= 15 is 0 Å². The zero-order valence-corrected chi connectivity index (χ0v) is 16.3. The van der Waals surface area contributed by atoms with Gasteiger partial charge in [-0.1, -0.05) is 41.9 Å².